The molecule has 0 saturated carbocycles. The highest BCUT2D eigenvalue weighted by Gasteiger charge is 2.28. The van der Waals surface area contributed by atoms with Gasteiger partial charge >= 0.3 is 0 Å². The highest BCUT2D eigenvalue weighted by Crippen LogP contribution is 2.29. The molecule has 0 radical (unpaired) electrons. The molecule has 1 heterocycles. The first-order valence-corrected chi connectivity index (χ1v) is 6.35. The Morgan fingerprint density at radius 2 is 2.05 bits per heavy atom. The number of nitrogens with two attached hydrogens (primary N) is 1. The van der Waals surface area contributed by atoms with E-state index >= 15 is 0 Å². The molecule has 1 aromatic carbocycles. The van der Waals surface area contributed by atoms with Crippen molar-refractivity contribution in [2.75, 3.05) is 7.11 Å². The zero-order chi connectivity index (χ0) is 13.9. The normalized spacial score (nSPS) is 13.4. The monoisotopic (exact) mass is 297 g/mol. The topological polar surface area (TPSA) is 74.2 Å². The van der Waals surface area contributed by atoms with Crippen molar-refractivity contribution >= 4 is 12.4 Å². The van der Waals surface area contributed by atoms with Crippen LogP contribution >= 0.6 is 12.4 Å². The number of halogens is 1. The summed E-state index contributed by atoms with van der Waals surface area (Å²) >= 11 is 0. The Labute approximate surface area is 124 Å². The zero-order valence-electron chi connectivity index (χ0n) is 11.9. The van der Waals surface area contributed by atoms with Gasteiger partial charge in [0.05, 0.1) is 18.2 Å². The second-order valence-corrected chi connectivity index (χ2v) is 4.79. The van der Waals surface area contributed by atoms with Crippen molar-refractivity contribution in [3.63, 3.8) is 0 Å². The Kier molecular flexibility index (Phi) is 5.53. The number of methoxy groups -OCH3 is 1. The summed E-state index contributed by atoms with van der Waals surface area (Å²) < 4.78 is 10.6. The molecule has 2 N–H and O–H groups in total. The average molecular weight is 298 g/mol. The van der Waals surface area contributed by atoms with Crippen molar-refractivity contribution in [1.82, 2.24) is 10.1 Å². The van der Waals surface area contributed by atoms with Crippen molar-refractivity contribution in [1.29, 1.82) is 0 Å². The Morgan fingerprint density at radius 1 is 1.35 bits per heavy atom. The van der Waals surface area contributed by atoms with Crippen molar-refractivity contribution in [3.05, 3.63) is 30.2 Å². The first kappa shape index (κ1) is 16.5. The summed E-state index contributed by atoms with van der Waals surface area (Å²) in [5.74, 6) is 1.67. The quantitative estimate of drug-likeness (QED) is 0.917. The fraction of sp³-hybridized carbons (Fsp3) is 0.429. The van der Waals surface area contributed by atoms with Gasteiger partial charge in [0.25, 0.3) is 0 Å². The van der Waals surface area contributed by atoms with Gasteiger partial charge in [-0.2, -0.15) is 4.98 Å². The van der Waals surface area contributed by atoms with E-state index in [1.807, 2.05) is 31.2 Å². The van der Waals surface area contributed by atoms with Crippen LogP contribution in [0.5, 0.6) is 5.75 Å². The molecule has 0 aliphatic carbocycles. The predicted octanol–water partition coefficient (Wildman–Crippen LogP) is 3.14. The van der Waals surface area contributed by atoms with Gasteiger partial charge in [-0.3, -0.25) is 0 Å². The fourth-order valence-electron chi connectivity index (χ4n) is 2.02. The summed E-state index contributed by atoms with van der Waals surface area (Å²) in [4.78, 5) is 4.40. The van der Waals surface area contributed by atoms with Crippen LogP contribution in [0.15, 0.2) is 28.8 Å². The Bertz CT molecular complexity index is 555. The third-order valence-corrected chi connectivity index (χ3v) is 3.03. The third kappa shape index (κ3) is 3.29. The lowest BCUT2D eigenvalue weighted by Crippen LogP contribution is -2.33. The predicted molar refractivity (Wildman–Crippen MR) is 80.0 cm³/mol. The molecule has 0 aliphatic rings. The first-order valence-electron chi connectivity index (χ1n) is 6.35. The molecule has 2 rings (SSSR count). The lowest BCUT2D eigenvalue weighted by atomic mass is 9.98. The maximum atomic E-state index is 6.18. The van der Waals surface area contributed by atoms with E-state index in [0.717, 1.165) is 18.4 Å². The lowest BCUT2D eigenvalue weighted by Gasteiger charge is -2.18. The highest BCUT2D eigenvalue weighted by molar-refractivity contribution is 5.85. The Hall–Kier alpha value is -1.59. The zero-order valence-corrected chi connectivity index (χ0v) is 12.7. The molecule has 0 amide bonds. The van der Waals surface area contributed by atoms with Gasteiger partial charge < -0.3 is 15.0 Å². The molecular weight excluding hydrogens is 278 g/mol. The molecule has 1 atom stereocenters. The van der Waals surface area contributed by atoms with Crippen LogP contribution in [-0.4, -0.2) is 17.3 Å². The van der Waals surface area contributed by atoms with Gasteiger partial charge in [-0.15, -0.1) is 12.4 Å². The van der Waals surface area contributed by atoms with Gasteiger partial charge in [-0.25, -0.2) is 0 Å². The van der Waals surface area contributed by atoms with Crippen LogP contribution < -0.4 is 10.5 Å². The van der Waals surface area contributed by atoms with Gasteiger partial charge in [0.15, 0.2) is 0 Å². The number of hydrogen-bond acceptors (Lipinski definition) is 5. The van der Waals surface area contributed by atoms with E-state index in [2.05, 4.69) is 17.1 Å². The molecule has 0 aliphatic heterocycles. The minimum atomic E-state index is -0.595. The number of rotatable bonds is 5. The molecular formula is C14H20ClN3O2. The standard InChI is InChI=1S/C14H19N3O2.ClH/c1-4-9-14(2,15)13-16-12(17-19-13)10-7-5-6-8-11(10)18-3;/h5-8H,4,9,15H2,1-3H3;1H. The lowest BCUT2D eigenvalue weighted by molar-refractivity contribution is 0.284. The summed E-state index contributed by atoms with van der Waals surface area (Å²) in [5, 5.41) is 4.00. The van der Waals surface area contributed by atoms with E-state index in [-0.39, 0.29) is 12.4 Å². The van der Waals surface area contributed by atoms with Gasteiger partial charge in [-0.1, -0.05) is 30.6 Å². The van der Waals surface area contributed by atoms with Gasteiger partial charge in [0.2, 0.25) is 11.7 Å². The van der Waals surface area contributed by atoms with E-state index in [1.54, 1.807) is 7.11 Å². The molecule has 5 nitrogen and oxygen atoms in total. The van der Waals surface area contributed by atoms with E-state index in [1.165, 1.54) is 0 Å². The summed E-state index contributed by atoms with van der Waals surface area (Å²) in [5.41, 5.74) is 6.39. The molecule has 110 valence electrons. The van der Waals surface area contributed by atoms with Crippen molar-refractivity contribution in [3.8, 4) is 17.1 Å². The Morgan fingerprint density at radius 3 is 2.70 bits per heavy atom. The molecule has 0 spiro atoms. The maximum Gasteiger partial charge on any atom is 0.246 e. The summed E-state index contributed by atoms with van der Waals surface area (Å²) in [6.07, 6.45) is 1.75. The smallest absolute Gasteiger partial charge is 0.246 e. The summed E-state index contributed by atoms with van der Waals surface area (Å²) in [6, 6.07) is 7.55. The molecule has 20 heavy (non-hydrogen) atoms. The van der Waals surface area contributed by atoms with Crippen LogP contribution in [0.25, 0.3) is 11.4 Å². The average Bonchev–Trinajstić information content (AvgIpc) is 2.89. The van der Waals surface area contributed by atoms with Crippen molar-refractivity contribution in [2.45, 2.75) is 32.2 Å². The molecule has 6 heteroatoms. The summed E-state index contributed by atoms with van der Waals surface area (Å²) in [7, 11) is 1.62. The fourth-order valence-corrected chi connectivity index (χ4v) is 2.02. The molecule has 0 bridgehead atoms. The maximum absolute atomic E-state index is 6.18. The Balaban J connectivity index is 0.00000200. The number of ether oxygens (including phenoxy) is 1. The molecule has 0 fully saturated rings. The largest absolute Gasteiger partial charge is 0.496 e. The van der Waals surface area contributed by atoms with Crippen LogP contribution in [0.3, 0.4) is 0 Å². The van der Waals surface area contributed by atoms with E-state index in [0.29, 0.717) is 17.5 Å². The SMILES string of the molecule is CCCC(C)(N)c1nc(-c2ccccc2OC)no1.Cl. The van der Waals surface area contributed by atoms with E-state index < -0.39 is 5.54 Å². The van der Waals surface area contributed by atoms with Crippen LogP contribution in [0.2, 0.25) is 0 Å². The molecule has 1 aromatic heterocycles. The van der Waals surface area contributed by atoms with E-state index in [9.17, 15) is 0 Å². The first-order chi connectivity index (χ1) is 9.08. The number of hydrogen-bond donors (Lipinski definition) is 1. The van der Waals surface area contributed by atoms with Crippen molar-refractivity contribution < 1.29 is 9.26 Å². The van der Waals surface area contributed by atoms with Crippen LogP contribution in [0.1, 0.15) is 32.6 Å². The molecule has 2 aromatic rings. The minimum absolute atomic E-state index is 0. The van der Waals surface area contributed by atoms with E-state index in [4.69, 9.17) is 15.0 Å². The van der Waals surface area contributed by atoms with Crippen LogP contribution in [0.4, 0.5) is 0 Å². The minimum Gasteiger partial charge on any atom is -0.496 e. The summed E-state index contributed by atoms with van der Waals surface area (Å²) in [6.45, 7) is 3.97. The molecule has 1 unspecified atom stereocenters. The number of aromatic nitrogens is 2. The van der Waals surface area contributed by atoms with Crippen LogP contribution in [0, 0.1) is 0 Å². The highest BCUT2D eigenvalue weighted by atomic mass is 35.5. The van der Waals surface area contributed by atoms with Gasteiger partial charge in [-0.05, 0) is 25.5 Å². The second kappa shape index (κ2) is 6.72. The number of benzene rings is 1. The van der Waals surface area contributed by atoms with Gasteiger partial charge in [0, 0.05) is 0 Å². The third-order valence-electron chi connectivity index (χ3n) is 3.03. The number of nitrogens with zero attached hydrogens (tertiary/aromatic N) is 2. The second-order valence-electron chi connectivity index (χ2n) is 4.79. The molecule has 0 saturated heterocycles. The number of para-hydroxylation sites is 1. The van der Waals surface area contributed by atoms with Crippen LogP contribution in [-0.2, 0) is 5.54 Å². The van der Waals surface area contributed by atoms with Gasteiger partial charge in [0.1, 0.15) is 5.75 Å². The van der Waals surface area contributed by atoms with Crippen molar-refractivity contribution in [2.24, 2.45) is 5.73 Å².